The number of hydrogen-bond acceptors (Lipinski definition) is 9. The molecule has 9 nitrogen and oxygen atoms in total. The molecule has 7 aromatic rings. The molecule has 0 spiro atoms. The summed E-state index contributed by atoms with van der Waals surface area (Å²) in [6.07, 6.45) is 16.5. The summed E-state index contributed by atoms with van der Waals surface area (Å²) in [6, 6.07) is 33.3. The van der Waals surface area contributed by atoms with Crippen LogP contribution >= 0.6 is 8.81 Å². The lowest BCUT2D eigenvalue weighted by Gasteiger charge is -2.16. The summed E-state index contributed by atoms with van der Waals surface area (Å²) in [5.74, 6) is -0.512. The molecule has 0 N–H and O–H groups in total. The third-order valence-corrected chi connectivity index (χ3v) is 10.8. The van der Waals surface area contributed by atoms with E-state index in [1.807, 2.05) is 133 Å². The maximum atomic E-state index is 14.1. The van der Waals surface area contributed by atoms with Crippen LogP contribution in [0.5, 0.6) is 0 Å². The van der Waals surface area contributed by atoms with Crippen molar-refractivity contribution in [3.8, 4) is 22.3 Å². The van der Waals surface area contributed by atoms with Gasteiger partial charge in [-0.1, -0.05) is 90.5 Å². The summed E-state index contributed by atoms with van der Waals surface area (Å²) < 4.78 is 4.57. The number of benzene rings is 4. The van der Waals surface area contributed by atoms with Crippen molar-refractivity contribution in [2.45, 2.75) is 34.6 Å². The van der Waals surface area contributed by atoms with Crippen LogP contribution in [-0.4, -0.2) is 58.6 Å². The van der Waals surface area contributed by atoms with Gasteiger partial charge in [-0.05, 0) is 135 Å². The molecule has 350 valence electrons. The Morgan fingerprint density at radius 1 is 0.565 bits per heavy atom. The number of aromatic nitrogens is 3. The van der Waals surface area contributed by atoms with E-state index in [0.717, 1.165) is 38.9 Å². The molecule has 0 aliphatic carbocycles. The molecule has 1 atom stereocenters. The van der Waals surface area contributed by atoms with Crippen molar-refractivity contribution in [3.63, 3.8) is 0 Å². The molecule has 0 aliphatic rings. The van der Waals surface area contributed by atoms with Gasteiger partial charge in [0.25, 0.3) is 0 Å². The second kappa shape index (κ2) is 28.9. The first kappa shape index (κ1) is 55.4. The molecule has 0 saturated heterocycles. The number of nitrogens with zero attached hydrogens (tertiary/aromatic N) is 3. The number of aryl methyl sites for hydroxylation is 4. The lowest BCUT2D eigenvalue weighted by molar-refractivity contribution is -0.0980. The van der Waals surface area contributed by atoms with Crippen molar-refractivity contribution in [1.29, 1.82) is 0 Å². The van der Waals surface area contributed by atoms with Crippen LogP contribution in [0.3, 0.4) is 0 Å². The molecule has 10 heteroatoms. The van der Waals surface area contributed by atoms with E-state index in [4.69, 9.17) is 4.79 Å². The van der Waals surface area contributed by atoms with Crippen LogP contribution in [-0.2, 0) is 9.32 Å². The topological polar surface area (TPSA) is 133 Å². The highest BCUT2D eigenvalue weighted by Gasteiger charge is 2.23. The van der Waals surface area contributed by atoms with Gasteiger partial charge in [0.05, 0.1) is 0 Å². The summed E-state index contributed by atoms with van der Waals surface area (Å²) in [6.45, 7) is 23.4. The second-order valence-electron chi connectivity index (χ2n) is 15.0. The first-order chi connectivity index (χ1) is 33.4. The van der Waals surface area contributed by atoms with Crippen molar-refractivity contribution >= 4 is 38.7 Å². The Labute approximate surface area is 408 Å². The molecule has 1 unspecified atom stereocenters. The Morgan fingerprint density at radius 3 is 1.41 bits per heavy atom. The van der Waals surface area contributed by atoms with Crippen molar-refractivity contribution in [2.75, 3.05) is 13.8 Å². The molecule has 3 heterocycles. The number of Topliss-reactive ketones (excluding diaryl/α,β-unsaturated/α-hetero) is 1. The Bertz CT molecular complexity index is 2910. The first-order valence-electron chi connectivity index (χ1n) is 21.7. The van der Waals surface area contributed by atoms with Crippen molar-refractivity contribution < 1.29 is 28.5 Å². The summed E-state index contributed by atoms with van der Waals surface area (Å²) in [5.41, 5.74) is 10.8. The maximum Gasteiger partial charge on any atom is 0.195 e. The van der Waals surface area contributed by atoms with Crippen LogP contribution in [0, 0.1) is 27.7 Å². The van der Waals surface area contributed by atoms with Crippen LogP contribution in [0.15, 0.2) is 196 Å². The van der Waals surface area contributed by atoms with Gasteiger partial charge in [0, 0.05) is 97.6 Å². The van der Waals surface area contributed by atoms with Gasteiger partial charge in [0.15, 0.2) is 23.1 Å². The molecular weight excluding hydrogens is 878 g/mol. The van der Waals surface area contributed by atoms with Gasteiger partial charge in [0.1, 0.15) is 6.79 Å². The largest absolute Gasteiger partial charge is 0.366 e. The van der Waals surface area contributed by atoms with Crippen LogP contribution < -0.4 is 0 Å². The average molecular weight is 936 g/mol. The molecule has 4 aromatic carbocycles. The number of carbonyl (C=O) groups excluding carboxylic acids is 5. The average Bonchev–Trinajstić information content (AvgIpc) is 3.41. The van der Waals surface area contributed by atoms with E-state index in [9.17, 15) is 19.2 Å². The van der Waals surface area contributed by atoms with E-state index >= 15 is 0 Å². The highest BCUT2D eigenvalue weighted by molar-refractivity contribution is 7.31. The molecule has 69 heavy (non-hydrogen) atoms. The number of allylic oxidation sites excluding steroid dienone is 5. The zero-order chi connectivity index (χ0) is 50.9. The van der Waals surface area contributed by atoms with Gasteiger partial charge in [-0.3, -0.25) is 34.1 Å². The Kier molecular flexibility index (Phi) is 23.2. The lowest BCUT2D eigenvalue weighted by Crippen LogP contribution is -2.09. The highest BCUT2D eigenvalue weighted by atomic mass is 31.1. The van der Waals surface area contributed by atoms with Gasteiger partial charge in [-0.15, -0.1) is 13.2 Å². The molecule has 0 fully saturated rings. The number of pyridine rings is 3. The molecule has 3 aromatic heterocycles. The minimum Gasteiger partial charge on any atom is -0.366 e. The Morgan fingerprint density at radius 2 is 0.957 bits per heavy atom. The van der Waals surface area contributed by atoms with E-state index in [2.05, 4.69) is 39.2 Å². The van der Waals surface area contributed by atoms with E-state index in [-0.39, 0.29) is 23.1 Å². The lowest BCUT2D eigenvalue weighted by atomic mass is 9.86. The normalized spacial score (nSPS) is 10.5. The number of carbonyl (C=O) groups is 5. The summed E-state index contributed by atoms with van der Waals surface area (Å²) in [7, 11) is 2.33. The van der Waals surface area contributed by atoms with Gasteiger partial charge < -0.3 is 9.32 Å². The number of ketones is 4. The SMILES string of the molecule is C=C.C=C/C(=C\C=C/C)C(=O)c1cc(-c2ccc(-c3ccc(C)cc3C(=O)c3cccnc3)c(C(=O)c3cccnc3)c2)ccc1C.C=O.COPC.Cc1ccc(C)c(C(=O)c2cccnc2)c1. The van der Waals surface area contributed by atoms with Crippen molar-refractivity contribution in [2.24, 2.45) is 0 Å². The fourth-order valence-corrected chi connectivity index (χ4v) is 6.80. The van der Waals surface area contributed by atoms with Crippen molar-refractivity contribution in [3.05, 3.63) is 257 Å². The molecular formula is C59H58N3O6P. The van der Waals surface area contributed by atoms with Gasteiger partial charge in [-0.2, -0.15) is 0 Å². The highest BCUT2D eigenvalue weighted by Crippen LogP contribution is 2.35. The Hall–Kier alpha value is -7.97. The quantitative estimate of drug-likeness (QED) is 0.0364. The second-order valence-corrected chi connectivity index (χ2v) is 15.8. The van der Waals surface area contributed by atoms with Crippen LogP contribution in [0.1, 0.15) is 87.3 Å². The molecule has 0 radical (unpaired) electrons. The first-order valence-corrected chi connectivity index (χ1v) is 23.1. The smallest absolute Gasteiger partial charge is 0.195 e. The zero-order valence-corrected chi connectivity index (χ0v) is 41.3. The standard InChI is InChI=1S/C40H32N2O3.C14H13NO.C2H7OP.C2H4.CH2O/c1-5-7-10-28(6-2)38(43)35-22-29(15-14-27(35)4)30-16-18-34(37(23-30)40(45)32-12-9-20-42-25-32)33-17-13-26(3)21-36(33)39(44)31-11-8-19-41-24-31;1-10-5-6-11(2)13(8-10)14(16)12-4-3-7-15-9-12;1-3-4-2;2*1-2/h5-25H,2H2,1,3-4H3;3-9H,1-2H3;4H,1-2H3;1-2H2;1H2/b7-5-,28-10+;;;;. The van der Waals surface area contributed by atoms with Crippen LogP contribution in [0.2, 0.25) is 0 Å². The predicted octanol–water partition coefficient (Wildman–Crippen LogP) is 13.2. The van der Waals surface area contributed by atoms with Gasteiger partial charge in [-0.25, -0.2) is 0 Å². The Balaban J connectivity index is 0.000000433. The third-order valence-electron chi connectivity index (χ3n) is 10.4. The summed E-state index contributed by atoms with van der Waals surface area (Å²) >= 11 is 0. The van der Waals surface area contributed by atoms with Crippen molar-refractivity contribution in [1.82, 2.24) is 15.0 Å². The monoisotopic (exact) mass is 935 g/mol. The fourth-order valence-electron chi connectivity index (χ4n) is 6.80. The van der Waals surface area contributed by atoms with Crippen LogP contribution in [0.25, 0.3) is 22.3 Å². The van der Waals surface area contributed by atoms with Gasteiger partial charge in [0.2, 0.25) is 0 Å². The summed E-state index contributed by atoms with van der Waals surface area (Å²) in [4.78, 5) is 73.7. The van der Waals surface area contributed by atoms with E-state index in [1.54, 1.807) is 86.6 Å². The molecule has 0 bridgehead atoms. The predicted molar refractivity (Wildman–Crippen MR) is 283 cm³/mol. The molecule has 0 aliphatic heterocycles. The molecule has 7 rings (SSSR count). The minimum atomic E-state index is -0.230. The molecule has 0 saturated carbocycles. The van der Waals surface area contributed by atoms with E-state index in [0.29, 0.717) is 58.9 Å². The van der Waals surface area contributed by atoms with Gasteiger partial charge >= 0.3 is 0 Å². The number of rotatable bonds is 13. The summed E-state index contributed by atoms with van der Waals surface area (Å²) in [5, 5.41) is 0. The third kappa shape index (κ3) is 15.3. The van der Waals surface area contributed by atoms with Crippen LogP contribution in [0.4, 0.5) is 0 Å². The molecule has 0 amide bonds. The maximum absolute atomic E-state index is 14.1. The zero-order valence-electron chi connectivity index (χ0n) is 40.3. The van der Waals surface area contributed by atoms with E-state index in [1.165, 1.54) is 6.20 Å². The minimum absolute atomic E-state index is 0.0364. The van der Waals surface area contributed by atoms with E-state index < -0.39 is 0 Å². The fraction of sp³-hybridized carbons (Fsp3) is 0.119. The number of hydrogen-bond donors (Lipinski definition) is 0.